The van der Waals surface area contributed by atoms with E-state index in [2.05, 4.69) is 38.7 Å². The summed E-state index contributed by atoms with van der Waals surface area (Å²) in [7, 11) is 1.42. The predicted molar refractivity (Wildman–Crippen MR) is 130 cm³/mol. The molecule has 0 aliphatic carbocycles. The van der Waals surface area contributed by atoms with Gasteiger partial charge in [-0.25, -0.2) is 9.78 Å². The van der Waals surface area contributed by atoms with Crippen LogP contribution in [0.3, 0.4) is 0 Å². The molecule has 0 bridgehead atoms. The molecule has 1 atom stereocenters. The first-order valence-corrected chi connectivity index (χ1v) is 11.9. The number of hydrogen-bond acceptors (Lipinski definition) is 5. The Kier molecular flexibility index (Phi) is 7.50. The lowest BCUT2D eigenvalue weighted by molar-refractivity contribution is 0.121. The van der Waals surface area contributed by atoms with Crippen molar-refractivity contribution in [1.82, 2.24) is 14.5 Å². The largest absolute Gasteiger partial charge is 0.453 e. The number of anilines is 1. The molecule has 0 radical (unpaired) electrons. The van der Waals surface area contributed by atoms with E-state index in [0.29, 0.717) is 23.1 Å². The molecule has 2 heterocycles. The molecule has 9 heteroatoms. The van der Waals surface area contributed by atoms with E-state index < -0.39 is 0 Å². The first-order valence-electron chi connectivity index (χ1n) is 10.3. The lowest BCUT2D eigenvalue weighted by Crippen LogP contribution is -2.48. The molecule has 1 aliphatic rings. The van der Waals surface area contributed by atoms with Gasteiger partial charge in [-0.1, -0.05) is 29.3 Å². The lowest BCUT2D eigenvalue weighted by Gasteiger charge is -2.35. The van der Waals surface area contributed by atoms with Crippen LogP contribution in [0.4, 0.5) is 10.5 Å². The first kappa shape index (κ1) is 22.8. The van der Waals surface area contributed by atoms with E-state index in [1.54, 1.807) is 28.9 Å². The molecule has 0 spiro atoms. The van der Waals surface area contributed by atoms with Crippen LogP contribution in [-0.2, 0) is 11.3 Å². The molecule has 1 aliphatic heterocycles. The summed E-state index contributed by atoms with van der Waals surface area (Å²) in [5, 5.41) is 1.39. The molecule has 168 valence electrons. The average Bonchev–Trinajstić information content (AvgIpc) is 3.32. The van der Waals surface area contributed by atoms with Crippen molar-refractivity contribution >= 4 is 46.7 Å². The van der Waals surface area contributed by atoms with Gasteiger partial charge >= 0.3 is 6.09 Å². The van der Waals surface area contributed by atoms with Gasteiger partial charge in [0.15, 0.2) is 0 Å². The van der Waals surface area contributed by atoms with Gasteiger partial charge in [-0.3, -0.25) is 0 Å². The number of ether oxygens (including phenoxy) is 1. The number of nitrogens with zero attached hydrogens (tertiary/aromatic N) is 4. The normalized spacial score (nSPS) is 15.0. The van der Waals surface area contributed by atoms with Crippen molar-refractivity contribution in [2.75, 3.05) is 38.2 Å². The van der Waals surface area contributed by atoms with E-state index in [1.807, 2.05) is 24.7 Å². The zero-order valence-corrected chi connectivity index (χ0v) is 20.0. The third kappa shape index (κ3) is 5.52. The maximum Gasteiger partial charge on any atom is 0.409 e. The molecule has 1 saturated heterocycles. The van der Waals surface area contributed by atoms with E-state index in [4.69, 9.17) is 27.9 Å². The van der Waals surface area contributed by atoms with Gasteiger partial charge in [-0.2, -0.15) is 0 Å². The van der Waals surface area contributed by atoms with Crippen molar-refractivity contribution in [3.05, 3.63) is 76.8 Å². The van der Waals surface area contributed by atoms with Gasteiger partial charge < -0.3 is 19.1 Å². The van der Waals surface area contributed by atoms with Crippen molar-refractivity contribution in [2.24, 2.45) is 0 Å². The van der Waals surface area contributed by atoms with Crippen LogP contribution < -0.4 is 4.90 Å². The number of aromatic nitrogens is 2. The number of thioether (sulfide) groups is 1. The zero-order chi connectivity index (χ0) is 22.5. The number of benzene rings is 2. The van der Waals surface area contributed by atoms with E-state index in [0.717, 1.165) is 35.8 Å². The molecule has 2 aromatic carbocycles. The van der Waals surface area contributed by atoms with Gasteiger partial charge in [0.1, 0.15) is 0 Å². The second-order valence-corrected chi connectivity index (χ2v) is 9.59. The highest BCUT2D eigenvalue weighted by atomic mass is 35.5. The van der Waals surface area contributed by atoms with Crippen LogP contribution in [0.1, 0.15) is 10.8 Å². The Labute approximate surface area is 202 Å². The van der Waals surface area contributed by atoms with Gasteiger partial charge in [0.05, 0.1) is 18.7 Å². The standard InChI is InChI=1S/C23H24Cl2N4O2S/c1-31-23(30)29-12-10-28(11-13-29)18-3-5-19(6-4-18)32-22(15-27-9-8-26-16-27)20-7-2-17(24)14-21(20)25/h2-9,14,16,22H,10-13,15H2,1H3. The summed E-state index contributed by atoms with van der Waals surface area (Å²) >= 11 is 14.4. The minimum atomic E-state index is -0.263. The number of carbonyl (C=O) groups excluding carboxylic acids is 1. The molecule has 1 fully saturated rings. The highest BCUT2D eigenvalue weighted by molar-refractivity contribution is 7.99. The maximum atomic E-state index is 11.7. The fourth-order valence-electron chi connectivity index (χ4n) is 3.72. The van der Waals surface area contributed by atoms with Gasteiger partial charge in [-0.05, 0) is 42.0 Å². The summed E-state index contributed by atoms with van der Waals surface area (Å²) in [6.45, 7) is 3.62. The summed E-state index contributed by atoms with van der Waals surface area (Å²) in [6, 6.07) is 14.2. The minimum Gasteiger partial charge on any atom is -0.453 e. The predicted octanol–water partition coefficient (Wildman–Crippen LogP) is 5.61. The highest BCUT2D eigenvalue weighted by Gasteiger charge is 2.22. The number of amides is 1. The van der Waals surface area contributed by atoms with Crippen molar-refractivity contribution < 1.29 is 9.53 Å². The van der Waals surface area contributed by atoms with Crippen LogP contribution in [0.5, 0.6) is 0 Å². The van der Waals surface area contributed by atoms with E-state index in [-0.39, 0.29) is 11.3 Å². The summed E-state index contributed by atoms with van der Waals surface area (Å²) in [5.74, 6) is 0. The Morgan fingerprint density at radius 3 is 2.50 bits per heavy atom. The van der Waals surface area contributed by atoms with Crippen LogP contribution >= 0.6 is 35.0 Å². The topological polar surface area (TPSA) is 50.6 Å². The molecule has 1 aromatic heterocycles. The third-order valence-electron chi connectivity index (χ3n) is 5.44. The fourth-order valence-corrected chi connectivity index (χ4v) is 5.53. The third-order valence-corrected chi connectivity index (χ3v) is 7.23. The van der Waals surface area contributed by atoms with Crippen LogP contribution in [-0.4, -0.2) is 53.8 Å². The second kappa shape index (κ2) is 10.5. The summed E-state index contributed by atoms with van der Waals surface area (Å²) in [6.07, 6.45) is 5.28. The second-order valence-electron chi connectivity index (χ2n) is 7.47. The number of imidazole rings is 1. The number of piperazine rings is 1. The fraction of sp³-hybridized carbons (Fsp3) is 0.304. The van der Waals surface area contributed by atoms with Crippen molar-refractivity contribution in [3.63, 3.8) is 0 Å². The molecule has 3 aromatic rings. The van der Waals surface area contributed by atoms with Gasteiger partial charge in [0, 0.05) is 65.7 Å². The van der Waals surface area contributed by atoms with Crippen LogP contribution in [0.2, 0.25) is 10.0 Å². The SMILES string of the molecule is COC(=O)N1CCN(c2ccc(SC(Cn3ccnc3)c3ccc(Cl)cc3Cl)cc2)CC1. The molecule has 1 amide bonds. The van der Waals surface area contributed by atoms with Gasteiger partial charge in [-0.15, -0.1) is 11.8 Å². The smallest absolute Gasteiger partial charge is 0.409 e. The summed E-state index contributed by atoms with van der Waals surface area (Å²) < 4.78 is 6.87. The Balaban J connectivity index is 1.46. The summed E-state index contributed by atoms with van der Waals surface area (Å²) in [4.78, 5) is 21.0. The van der Waals surface area contributed by atoms with E-state index in [1.165, 1.54) is 7.11 Å². The van der Waals surface area contributed by atoms with Gasteiger partial charge in [0.25, 0.3) is 0 Å². The molecule has 1 unspecified atom stereocenters. The molecular weight excluding hydrogens is 467 g/mol. The molecular formula is C23H24Cl2N4O2S. The van der Waals surface area contributed by atoms with Crippen molar-refractivity contribution in [2.45, 2.75) is 16.7 Å². The number of hydrogen-bond donors (Lipinski definition) is 0. The quantitative estimate of drug-likeness (QED) is 0.420. The number of methoxy groups -OCH3 is 1. The van der Waals surface area contributed by atoms with Crippen molar-refractivity contribution in [1.29, 1.82) is 0 Å². The van der Waals surface area contributed by atoms with Gasteiger partial charge in [0.2, 0.25) is 0 Å². The molecule has 0 N–H and O–H groups in total. The molecule has 4 rings (SSSR count). The van der Waals surface area contributed by atoms with Crippen LogP contribution in [0.25, 0.3) is 0 Å². The Bertz CT molecular complexity index is 1040. The Morgan fingerprint density at radius 2 is 1.88 bits per heavy atom. The van der Waals surface area contributed by atoms with Crippen LogP contribution in [0, 0.1) is 0 Å². The van der Waals surface area contributed by atoms with Crippen molar-refractivity contribution in [3.8, 4) is 0 Å². The molecule has 32 heavy (non-hydrogen) atoms. The minimum absolute atomic E-state index is 0.100. The molecule has 6 nitrogen and oxygen atoms in total. The van der Waals surface area contributed by atoms with Crippen LogP contribution in [0.15, 0.2) is 66.1 Å². The van der Waals surface area contributed by atoms with E-state index in [9.17, 15) is 4.79 Å². The molecule has 0 saturated carbocycles. The Morgan fingerprint density at radius 1 is 1.12 bits per heavy atom. The summed E-state index contributed by atoms with van der Waals surface area (Å²) in [5.41, 5.74) is 2.19. The number of rotatable bonds is 6. The number of carbonyl (C=O) groups is 1. The lowest BCUT2D eigenvalue weighted by atomic mass is 10.1. The maximum absolute atomic E-state index is 11.7. The van der Waals surface area contributed by atoms with E-state index >= 15 is 0 Å². The zero-order valence-electron chi connectivity index (χ0n) is 17.7. The monoisotopic (exact) mass is 490 g/mol. The average molecular weight is 491 g/mol. The highest BCUT2D eigenvalue weighted by Crippen LogP contribution is 2.40. The number of halogens is 2. The first-order chi connectivity index (χ1) is 15.5. The Hall–Kier alpha value is -2.35.